The number of halogens is 1. The van der Waals surface area contributed by atoms with Crippen molar-refractivity contribution in [2.24, 2.45) is 0 Å². The molecular weight excluding hydrogens is 346 g/mol. The summed E-state index contributed by atoms with van der Waals surface area (Å²) >= 11 is 3.40. The van der Waals surface area contributed by atoms with E-state index >= 15 is 0 Å². The molecule has 0 fully saturated rings. The molecule has 0 aromatic heterocycles. The number of amides is 1. The molecule has 0 atom stereocenters. The molecule has 1 amide bonds. The number of benzene rings is 2. The number of aryl methyl sites for hydroxylation is 1. The minimum absolute atomic E-state index is 0.157. The highest BCUT2D eigenvalue weighted by molar-refractivity contribution is 9.10. The Morgan fingerprint density at radius 2 is 1.86 bits per heavy atom. The highest BCUT2D eigenvalue weighted by Crippen LogP contribution is 2.20. The first-order chi connectivity index (χ1) is 10.5. The van der Waals surface area contributed by atoms with Crippen LogP contribution in [0.2, 0.25) is 0 Å². The average molecular weight is 362 g/mol. The van der Waals surface area contributed by atoms with E-state index in [9.17, 15) is 9.59 Å². The molecule has 0 bridgehead atoms. The fourth-order valence-corrected chi connectivity index (χ4v) is 2.21. The largest absolute Gasteiger partial charge is 0.455 e. The maximum Gasteiger partial charge on any atom is 0.310 e. The average Bonchev–Trinajstić information content (AvgIpc) is 2.50. The first-order valence-corrected chi connectivity index (χ1v) is 7.59. The molecule has 0 aliphatic rings. The first-order valence-electron chi connectivity index (χ1n) is 6.80. The number of nitrogens with one attached hydrogen (secondary N) is 1. The molecule has 114 valence electrons. The van der Waals surface area contributed by atoms with Gasteiger partial charge in [0.1, 0.15) is 0 Å². The van der Waals surface area contributed by atoms with Crippen LogP contribution in [0.4, 0.5) is 5.69 Å². The smallest absolute Gasteiger partial charge is 0.310 e. The van der Waals surface area contributed by atoms with E-state index in [4.69, 9.17) is 4.74 Å². The van der Waals surface area contributed by atoms with Gasteiger partial charge in [-0.3, -0.25) is 9.59 Å². The molecule has 2 aromatic carbocycles. The van der Waals surface area contributed by atoms with E-state index in [1.54, 1.807) is 12.1 Å². The Morgan fingerprint density at radius 3 is 2.55 bits per heavy atom. The molecule has 5 heteroatoms. The van der Waals surface area contributed by atoms with Crippen LogP contribution in [0.5, 0.6) is 0 Å². The topological polar surface area (TPSA) is 55.4 Å². The summed E-state index contributed by atoms with van der Waals surface area (Å²) < 4.78 is 5.88. The maximum absolute atomic E-state index is 11.8. The van der Waals surface area contributed by atoms with Gasteiger partial charge in [0.05, 0.1) is 6.42 Å². The van der Waals surface area contributed by atoms with E-state index in [2.05, 4.69) is 21.2 Å². The van der Waals surface area contributed by atoms with Gasteiger partial charge in [0.25, 0.3) is 5.91 Å². The summed E-state index contributed by atoms with van der Waals surface area (Å²) in [6.45, 7) is 1.66. The van der Waals surface area contributed by atoms with Crippen molar-refractivity contribution in [1.29, 1.82) is 0 Å². The minimum atomic E-state index is -0.425. The summed E-state index contributed by atoms with van der Waals surface area (Å²) in [7, 11) is 0. The van der Waals surface area contributed by atoms with Gasteiger partial charge in [-0.2, -0.15) is 0 Å². The van der Waals surface area contributed by atoms with Crippen LogP contribution in [0, 0.1) is 6.92 Å². The number of carbonyl (C=O) groups is 2. The predicted molar refractivity (Wildman–Crippen MR) is 88.6 cm³/mol. The summed E-state index contributed by atoms with van der Waals surface area (Å²) in [4.78, 5) is 23.4. The van der Waals surface area contributed by atoms with Gasteiger partial charge in [-0.15, -0.1) is 0 Å². The molecule has 2 rings (SSSR count). The van der Waals surface area contributed by atoms with Crippen LogP contribution in [-0.4, -0.2) is 18.5 Å². The van der Waals surface area contributed by atoms with Crippen molar-refractivity contribution in [3.63, 3.8) is 0 Å². The van der Waals surface area contributed by atoms with E-state index in [-0.39, 0.29) is 18.9 Å². The molecule has 22 heavy (non-hydrogen) atoms. The molecule has 0 heterocycles. The number of ether oxygens (including phenoxy) is 1. The third-order valence-corrected chi connectivity index (χ3v) is 3.87. The fraction of sp³-hybridized carbons (Fsp3) is 0.176. The molecule has 0 spiro atoms. The van der Waals surface area contributed by atoms with Crippen molar-refractivity contribution in [2.75, 3.05) is 11.9 Å². The van der Waals surface area contributed by atoms with Crippen molar-refractivity contribution in [3.8, 4) is 0 Å². The highest BCUT2D eigenvalue weighted by atomic mass is 79.9. The normalized spacial score (nSPS) is 10.1. The number of hydrogen-bond acceptors (Lipinski definition) is 3. The zero-order valence-electron chi connectivity index (χ0n) is 12.1. The molecule has 0 saturated heterocycles. The number of esters is 1. The van der Waals surface area contributed by atoms with E-state index in [0.717, 1.165) is 15.6 Å². The Kier molecular flexibility index (Phi) is 5.72. The Hall–Kier alpha value is -2.14. The Balaban J connectivity index is 1.80. The van der Waals surface area contributed by atoms with E-state index in [1.807, 2.05) is 43.3 Å². The van der Waals surface area contributed by atoms with Crippen molar-refractivity contribution in [2.45, 2.75) is 13.3 Å². The second-order valence-corrected chi connectivity index (χ2v) is 5.69. The lowest BCUT2D eigenvalue weighted by Gasteiger charge is -2.08. The monoisotopic (exact) mass is 361 g/mol. The van der Waals surface area contributed by atoms with E-state index in [0.29, 0.717) is 5.69 Å². The highest BCUT2D eigenvalue weighted by Gasteiger charge is 2.09. The van der Waals surface area contributed by atoms with Crippen LogP contribution < -0.4 is 5.32 Å². The number of rotatable bonds is 5. The number of anilines is 1. The van der Waals surface area contributed by atoms with Crippen molar-refractivity contribution in [1.82, 2.24) is 0 Å². The SMILES string of the molecule is Cc1ccc(NC(=O)COC(=O)Cc2ccccc2)cc1Br. The summed E-state index contributed by atoms with van der Waals surface area (Å²) in [5.41, 5.74) is 2.59. The summed E-state index contributed by atoms with van der Waals surface area (Å²) in [6, 6.07) is 14.7. The fourth-order valence-electron chi connectivity index (χ4n) is 1.83. The molecule has 0 unspecified atom stereocenters. The predicted octanol–water partition coefficient (Wildman–Crippen LogP) is 3.48. The first kappa shape index (κ1) is 16.2. The molecule has 1 N–H and O–H groups in total. The molecule has 4 nitrogen and oxygen atoms in total. The number of carbonyl (C=O) groups excluding carboxylic acids is 2. The van der Waals surface area contributed by atoms with Crippen LogP contribution in [0.1, 0.15) is 11.1 Å². The lowest BCUT2D eigenvalue weighted by atomic mass is 10.2. The van der Waals surface area contributed by atoms with Crippen LogP contribution in [0.15, 0.2) is 53.0 Å². The third kappa shape index (κ3) is 5.00. The van der Waals surface area contributed by atoms with Crippen molar-refractivity contribution < 1.29 is 14.3 Å². The van der Waals surface area contributed by atoms with Crippen molar-refractivity contribution >= 4 is 33.5 Å². The molecule has 2 aromatic rings. The van der Waals surface area contributed by atoms with Gasteiger partial charge in [0, 0.05) is 10.2 Å². The third-order valence-electron chi connectivity index (χ3n) is 3.01. The van der Waals surface area contributed by atoms with Gasteiger partial charge in [0.2, 0.25) is 0 Å². The van der Waals surface area contributed by atoms with Crippen molar-refractivity contribution in [3.05, 3.63) is 64.1 Å². The molecular formula is C17H16BrNO3. The molecule has 0 saturated carbocycles. The van der Waals surface area contributed by atoms with Gasteiger partial charge >= 0.3 is 5.97 Å². The van der Waals surface area contributed by atoms with Gasteiger partial charge in [-0.25, -0.2) is 0 Å². The zero-order chi connectivity index (χ0) is 15.9. The Labute approximate surface area is 137 Å². The summed E-state index contributed by atoms with van der Waals surface area (Å²) in [5.74, 6) is -0.788. The van der Waals surface area contributed by atoms with E-state index in [1.165, 1.54) is 0 Å². The lowest BCUT2D eigenvalue weighted by molar-refractivity contribution is -0.146. The standard InChI is InChI=1S/C17H16BrNO3/c1-12-7-8-14(10-15(12)18)19-16(20)11-22-17(21)9-13-5-3-2-4-6-13/h2-8,10H,9,11H2,1H3,(H,19,20). The minimum Gasteiger partial charge on any atom is -0.455 e. The molecule has 0 radical (unpaired) electrons. The number of hydrogen-bond donors (Lipinski definition) is 1. The Bertz CT molecular complexity index is 671. The Morgan fingerprint density at radius 1 is 1.14 bits per heavy atom. The van der Waals surface area contributed by atoms with Gasteiger partial charge in [-0.1, -0.05) is 52.3 Å². The van der Waals surface area contributed by atoms with Crippen LogP contribution in [-0.2, 0) is 20.7 Å². The van der Waals surface area contributed by atoms with Crippen LogP contribution in [0.25, 0.3) is 0 Å². The second kappa shape index (κ2) is 7.75. The van der Waals surface area contributed by atoms with Gasteiger partial charge in [-0.05, 0) is 30.2 Å². The second-order valence-electron chi connectivity index (χ2n) is 4.84. The molecule has 0 aliphatic heterocycles. The van der Waals surface area contributed by atoms with Crippen LogP contribution >= 0.6 is 15.9 Å². The zero-order valence-corrected chi connectivity index (χ0v) is 13.7. The van der Waals surface area contributed by atoms with E-state index < -0.39 is 5.97 Å². The van der Waals surface area contributed by atoms with Gasteiger partial charge in [0.15, 0.2) is 6.61 Å². The van der Waals surface area contributed by atoms with Crippen LogP contribution in [0.3, 0.4) is 0 Å². The summed E-state index contributed by atoms with van der Waals surface area (Å²) in [5, 5.41) is 2.68. The maximum atomic E-state index is 11.8. The quantitative estimate of drug-likeness (QED) is 0.829. The molecule has 0 aliphatic carbocycles. The van der Waals surface area contributed by atoms with Gasteiger partial charge < -0.3 is 10.1 Å². The lowest BCUT2D eigenvalue weighted by Crippen LogP contribution is -2.21. The summed E-state index contributed by atoms with van der Waals surface area (Å²) in [6.07, 6.45) is 0.157.